The molecule has 0 aromatic rings. The molecular formula is C38H72O7Si3. The second kappa shape index (κ2) is 13.8. The Morgan fingerprint density at radius 1 is 0.833 bits per heavy atom. The fourth-order valence-electron chi connectivity index (χ4n) is 6.95. The molecule has 0 spiro atoms. The highest BCUT2D eigenvalue weighted by Gasteiger charge is 2.61. The van der Waals surface area contributed by atoms with Crippen molar-refractivity contribution in [2.24, 2.45) is 16.7 Å². The van der Waals surface area contributed by atoms with Gasteiger partial charge in [-0.1, -0.05) is 76.2 Å². The predicted octanol–water partition coefficient (Wildman–Crippen LogP) is 10.5. The average molecular weight is 725 g/mol. The minimum Gasteiger partial charge on any atom is -0.507 e. The van der Waals surface area contributed by atoms with Gasteiger partial charge in [-0.05, 0) is 104 Å². The van der Waals surface area contributed by atoms with E-state index < -0.39 is 47.5 Å². The summed E-state index contributed by atoms with van der Waals surface area (Å²) in [6, 6.07) is 0. The highest BCUT2D eigenvalue weighted by atomic mass is 28.4. The van der Waals surface area contributed by atoms with Crippen LogP contribution in [0.4, 0.5) is 0 Å². The number of fused-ring (bicyclic) bond motifs is 1. The molecule has 1 fully saturated rings. The minimum absolute atomic E-state index is 0.0229. The van der Waals surface area contributed by atoms with Crippen LogP contribution >= 0.6 is 0 Å². The van der Waals surface area contributed by atoms with E-state index in [2.05, 4.69) is 115 Å². The molecule has 2 aliphatic carbocycles. The number of rotatable bonds is 10. The van der Waals surface area contributed by atoms with E-state index in [1.165, 1.54) is 14.0 Å². The lowest BCUT2D eigenvalue weighted by Crippen LogP contribution is -2.62. The second-order valence-electron chi connectivity index (χ2n) is 19.9. The van der Waals surface area contributed by atoms with Crippen molar-refractivity contribution in [3.05, 3.63) is 22.5 Å². The van der Waals surface area contributed by atoms with Gasteiger partial charge in [0, 0.05) is 17.6 Å². The number of allylic oxidation sites excluding steroid dienone is 1. The molecule has 1 N–H and O–H groups in total. The van der Waals surface area contributed by atoms with Gasteiger partial charge in [-0.25, -0.2) is 4.79 Å². The highest BCUT2D eigenvalue weighted by Crippen LogP contribution is 2.63. The molecule has 0 bridgehead atoms. The van der Waals surface area contributed by atoms with Gasteiger partial charge in [0.1, 0.15) is 11.3 Å². The molecule has 0 aromatic heterocycles. The lowest BCUT2D eigenvalue weighted by molar-refractivity contribution is -0.138. The lowest BCUT2D eigenvalue weighted by Gasteiger charge is -2.61. The molecule has 0 aliphatic heterocycles. The number of ether oxygens (including phenoxy) is 1. The van der Waals surface area contributed by atoms with E-state index >= 15 is 0 Å². The number of ketones is 1. The minimum atomic E-state index is -2.30. The molecule has 48 heavy (non-hydrogen) atoms. The highest BCUT2D eigenvalue weighted by molar-refractivity contribution is 6.75. The quantitative estimate of drug-likeness (QED) is 0.0599. The van der Waals surface area contributed by atoms with Crippen molar-refractivity contribution in [2.45, 2.75) is 176 Å². The zero-order valence-electron chi connectivity index (χ0n) is 34.5. The fourth-order valence-corrected chi connectivity index (χ4v) is 10.8. The maximum atomic E-state index is 13.0. The summed E-state index contributed by atoms with van der Waals surface area (Å²) in [7, 11) is -5.43. The topological polar surface area (TPSA) is 91.3 Å². The van der Waals surface area contributed by atoms with E-state index in [0.717, 1.165) is 24.8 Å². The van der Waals surface area contributed by atoms with Crippen LogP contribution in [0.3, 0.4) is 0 Å². The number of hydrogen-bond acceptors (Lipinski definition) is 7. The van der Waals surface area contributed by atoms with Gasteiger partial charge in [0.25, 0.3) is 0 Å². The first-order valence-corrected chi connectivity index (χ1v) is 26.7. The number of hydrogen-bond donors (Lipinski definition) is 1. The summed E-state index contributed by atoms with van der Waals surface area (Å²) in [5.41, 5.74) is 0.173. The van der Waals surface area contributed by atoms with Crippen molar-refractivity contribution in [3.8, 4) is 0 Å². The molecule has 10 heteroatoms. The molecule has 2 rings (SSSR count). The number of aliphatic hydroxyl groups excluding tert-OH is 1. The third-order valence-corrected chi connectivity index (χ3v) is 26.8. The fraction of sp³-hybridized carbons (Fsp3) is 0.842. The standard InChI is InChI=1S/C38H72O7Si3/c1-25-27(44-47(17,18)35(6,7)8)23-28-37(12,31(25)32(40)30(26(2)39)33(41)42-14)22-21-29(45-48(19,20)36(9,10)11)38(28,13)24-43-46(15,16)34(3,4)5/h27-29,40H,21-24H2,1-20H3/b32-30-/t27-,28+,29-,37-,38-/m0/s1. The Bertz CT molecular complexity index is 1290. The van der Waals surface area contributed by atoms with Gasteiger partial charge in [-0.3, -0.25) is 4.79 Å². The van der Waals surface area contributed by atoms with Crippen molar-refractivity contribution in [1.82, 2.24) is 0 Å². The summed E-state index contributed by atoms with van der Waals surface area (Å²) < 4.78 is 26.8. The summed E-state index contributed by atoms with van der Waals surface area (Å²) in [4.78, 5) is 26.0. The molecule has 0 radical (unpaired) electrons. The van der Waals surface area contributed by atoms with Crippen molar-refractivity contribution in [1.29, 1.82) is 0 Å². The second-order valence-corrected chi connectivity index (χ2v) is 34.2. The normalized spacial score (nSPS) is 28.5. The van der Waals surface area contributed by atoms with E-state index in [1.807, 2.05) is 6.92 Å². The van der Waals surface area contributed by atoms with E-state index in [1.54, 1.807) is 0 Å². The molecule has 0 aromatic carbocycles. The van der Waals surface area contributed by atoms with Crippen molar-refractivity contribution < 1.29 is 32.7 Å². The third kappa shape index (κ3) is 8.19. The monoisotopic (exact) mass is 724 g/mol. The number of aliphatic hydroxyl groups is 1. The predicted molar refractivity (Wildman–Crippen MR) is 206 cm³/mol. The first-order chi connectivity index (χ1) is 21.2. The van der Waals surface area contributed by atoms with Crippen LogP contribution in [0.5, 0.6) is 0 Å². The van der Waals surface area contributed by atoms with Gasteiger partial charge in [0.05, 0.1) is 19.3 Å². The Balaban J connectivity index is 3.01. The summed E-state index contributed by atoms with van der Waals surface area (Å²) >= 11 is 0. The smallest absolute Gasteiger partial charge is 0.345 e. The summed E-state index contributed by atoms with van der Waals surface area (Å²) in [5, 5.41) is 12.2. The summed E-state index contributed by atoms with van der Waals surface area (Å²) in [6.07, 6.45) is 1.83. The Labute approximate surface area is 297 Å². The van der Waals surface area contributed by atoms with Crippen LogP contribution in [0, 0.1) is 16.7 Å². The largest absolute Gasteiger partial charge is 0.507 e. The first-order valence-electron chi connectivity index (χ1n) is 18.0. The Morgan fingerprint density at radius 3 is 1.71 bits per heavy atom. The van der Waals surface area contributed by atoms with E-state index in [-0.39, 0.29) is 44.6 Å². The van der Waals surface area contributed by atoms with Gasteiger partial charge >= 0.3 is 5.97 Å². The number of Topliss-reactive ketones (excluding diaryl/α,β-unsaturated/α-hetero) is 1. The van der Waals surface area contributed by atoms with Crippen LogP contribution in [-0.4, -0.2) is 67.7 Å². The molecule has 2 aliphatic rings. The van der Waals surface area contributed by atoms with Crippen LogP contribution in [0.15, 0.2) is 22.5 Å². The molecular weight excluding hydrogens is 653 g/mol. The van der Waals surface area contributed by atoms with Crippen LogP contribution < -0.4 is 0 Å². The first kappa shape index (κ1) is 43.1. The van der Waals surface area contributed by atoms with Crippen LogP contribution in [-0.2, 0) is 27.6 Å². The average Bonchev–Trinajstić information content (AvgIpc) is 2.88. The van der Waals surface area contributed by atoms with Crippen molar-refractivity contribution in [3.63, 3.8) is 0 Å². The molecule has 0 saturated heterocycles. The zero-order valence-corrected chi connectivity index (χ0v) is 37.5. The zero-order chi connectivity index (χ0) is 37.9. The summed E-state index contributed by atoms with van der Waals surface area (Å²) in [6.45, 7) is 42.5. The third-order valence-electron chi connectivity index (χ3n) is 13.4. The number of methoxy groups -OCH3 is 1. The maximum Gasteiger partial charge on any atom is 0.345 e. The van der Waals surface area contributed by atoms with Crippen molar-refractivity contribution in [2.75, 3.05) is 13.7 Å². The van der Waals surface area contributed by atoms with E-state index in [9.17, 15) is 14.7 Å². The van der Waals surface area contributed by atoms with E-state index in [0.29, 0.717) is 12.2 Å². The molecule has 1 saturated carbocycles. The SMILES string of the molecule is COC(=O)/C(C(C)=O)=C(\O)C1=C(C)[C@@H](O[Si](C)(C)C(C)(C)C)C[C@H]2[C@](C)(CO[Si](C)(C)C(C)(C)C)[C@@H](O[Si](C)(C)C(C)(C)C)CC[C@]12C. The van der Waals surface area contributed by atoms with Crippen LogP contribution in [0.25, 0.3) is 0 Å². The molecule has 278 valence electrons. The number of carbonyl (C=O) groups excluding carboxylic acids is 2. The van der Waals surface area contributed by atoms with Gasteiger partial charge in [-0.15, -0.1) is 0 Å². The van der Waals surface area contributed by atoms with Gasteiger partial charge in [0.15, 0.2) is 30.7 Å². The molecule has 0 amide bonds. The Kier molecular flexibility index (Phi) is 12.4. The Morgan fingerprint density at radius 2 is 1.29 bits per heavy atom. The number of esters is 1. The molecule has 0 heterocycles. The van der Waals surface area contributed by atoms with E-state index in [4.69, 9.17) is 18.0 Å². The van der Waals surface area contributed by atoms with Crippen LogP contribution in [0.2, 0.25) is 54.4 Å². The van der Waals surface area contributed by atoms with Gasteiger partial charge in [0.2, 0.25) is 0 Å². The Hall–Kier alpha value is -1.05. The number of carbonyl (C=O) groups is 2. The molecule has 0 unspecified atom stereocenters. The lowest BCUT2D eigenvalue weighted by atomic mass is 9.48. The van der Waals surface area contributed by atoms with Crippen LogP contribution in [0.1, 0.15) is 109 Å². The summed E-state index contributed by atoms with van der Waals surface area (Å²) in [5.74, 6) is -1.67. The molecule has 5 atom stereocenters. The van der Waals surface area contributed by atoms with Crippen molar-refractivity contribution >= 4 is 36.7 Å². The van der Waals surface area contributed by atoms with Gasteiger partial charge in [-0.2, -0.15) is 0 Å². The maximum absolute atomic E-state index is 13.0. The molecule has 7 nitrogen and oxygen atoms in total. The van der Waals surface area contributed by atoms with Gasteiger partial charge < -0.3 is 23.1 Å².